The van der Waals surface area contributed by atoms with E-state index in [1.165, 1.54) is 0 Å². The van der Waals surface area contributed by atoms with Crippen LogP contribution in [0.25, 0.3) is 0 Å². The number of para-hydroxylation sites is 1. The van der Waals surface area contributed by atoms with E-state index in [-0.39, 0.29) is 17.6 Å². The quantitative estimate of drug-likeness (QED) is 0.881. The Bertz CT molecular complexity index is 813. The molecule has 4 heteroatoms. The van der Waals surface area contributed by atoms with Gasteiger partial charge in [-0.1, -0.05) is 30.3 Å². The molecule has 0 spiro atoms. The number of fused-ring (bicyclic) bond motifs is 1. The lowest BCUT2D eigenvalue weighted by molar-refractivity contribution is -0.128. The third-order valence-corrected chi connectivity index (χ3v) is 4.71. The van der Waals surface area contributed by atoms with E-state index in [1.54, 1.807) is 6.92 Å². The second-order valence-corrected chi connectivity index (χ2v) is 7.69. The normalized spacial score (nSPS) is 19.0. The van der Waals surface area contributed by atoms with E-state index in [9.17, 15) is 4.79 Å². The van der Waals surface area contributed by atoms with Gasteiger partial charge in [-0.15, -0.1) is 0 Å². The molecule has 1 aliphatic heterocycles. The van der Waals surface area contributed by atoms with E-state index in [2.05, 4.69) is 5.32 Å². The molecule has 2 aromatic carbocycles. The van der Waals surface area contributed by atoms with E-state index in [1.807, 2.05) is 70.2 Å². The molecule has 26 heavy (non-hydrogen) atoms. The number of hydrogen-bond acceptors (Lipinski definition) is 3. The molecule has 3 rings (SSSR count). The molecular weight excluding hydrogens is 326 g/mol. The van der Waals surface area contributed by atoms with E-state index < -0.39 is 6.10 Å². The van der Waals surface area contributed by atoms with Gasteiger partial charge in [-0.25, -0.2) is 0 Å². The molecule has 0 unspecified atom stereocenters. The molecule has 1 N–H and O–H groups in total. The van der Waals surface area contributed by atoms with Crippen LogP contribution in [0.3, 0.4) is 0 Å². The van der Waals surface area contributed by atoms with E-state index in [0.717, 1.165) is 28.2 Å². The Balaban J connectivity index is 1.74. The summed E-state index contributed by atoms with van der Waals surface area (Å²) in [5.41, 5.74) is 2.81. The van der Waals surface area contributed by atoms with E-state index in [4.69, 9.17) is 9.47 Å². The van der Waals surface area contributed by atoms with Crippen LogP contribution in [-0.2, 0) is 4.79 Å². The molecule has 2 aromatic rings. The summed E-state index contributed by atoms with van der Waals surface area (Å²) >= 11 is 0. The summed E-state index contributed by atoms with van der Waals surface area (Å²) < 4.78 is 12.0. The van der Waals surface area contributed by atoms with Gasteiger partial charge in [-0.05, 0) is 57.9 Å². The number of carbonyl (C=O) groups excluding carboxylic acids is 1. The first-order chi connectivity index (χ1) is 12.2. The first-order valence-corrected chi connectivity index (χ1v) is 9.07. The van der Waals surface area contributed by atoms with Gasteiger partial charge in [-0.3, -0.25) is 4.79 Å². The molecule has 0 aromatic heterocycles. The average molecular weight is 353 g/mol. The minimum Gasteiger partial charge on any atom is -0.487 e. The summed E-state index contributed by atoms with van der Waals surface area (Å²) in [6, 6.07) is 13.8. The van der Waals surface area contributed by atoms with Crippen molar-refractivity contribution in [2.45, 2.75) is 58.8 Å². The van der Waals surface area contributed by atoms with Crippen molar-refractivity contribution in [1.82, 2.24) is 5.32 Å². The van der Waals surface area contributed by atoms with Crippen molar-refractivity contribution in [2.75, 3.05) is 0 Å². The molecule has 0 aliphatic carbocycles. The Morgan fingerprint density at radius 1 is 1.23 bits per heavy atom. The first kappa shape index (κ1) is 18.3. The van der Waals surface area contributed by atoms with E-state index >= 15 is 0 Å². The molecule has 0 saturated carbocycles. The molecule has 0 saturated heterocycles. The second-order valence-electron chi connectivity index (χ2n) is 7.69. The molecule has 0 fully saturated rings. The molecule has 1 amide bonds. The Kier molecular flexibility index (Phi) is 4.94. The zero-order valence-corrected chi connectivity index (χ0v) is 16.1. The number of amides is 1. The maximum Gasteiger partial charge on any atom is 0.261 e. The number of ether oxygens (including phenoxy) is 2. The number of carbonyl (C=O) groups is 1. The third-order valence-electron chi connectivity index (χ3n) is 4.71. The Hall–Kier alpha value is -2.49. The van der Waals surface area contributed by atoms with Crippen molar-refractivity contribution in [1.29, 1.82) is 0 Å². The summed E-state index contributed by atoms with van der Waals surface area (Å²) in [6.45, 7) is 9.86. The number of aryl methyl sites for hydroxylation is 2. The van der Waals surface area contributed by atoms with Gasteiger partial charge >= 0.3 is 0 Å². The van der Waals surface area contributed by atoms with Gasteiger partial charge in [0.15, 0.2) is 6.10 Å². The molecule has 1 aliphatic rings. The minimum absolute atomic E-state index is 0.0906. The minimum atomic E-state index is -0.575. The van der Waals surface area contributed by atoms with Crippen LogP contribution in [0.5, 0.6) is 11.5 Å². The predicted molar refractivity (Wildman–Crippen MR) is 103 cm³/mol. The van der Waals surface area contributed by atoms with Crippen LogP contribution in [-0.4, -0.2) is 17.6 Å². The summed E-state index contributed by atoms with van der Waals surface area (Å²) in [6.07, 6.45) is 0.139. The van der Waals surface area contributed by atoms with Gasteiger partial charge < -0.3 is 14.8 Å². The van der Waals surface area contributed by atoms with E-state index in [0.29, 0.717) is 6.42 Å². The lowest BCUT2D eigenvalue weighted by Crippen LogP contribution is -2.44. The highest BCUT2D eigenvalue weighted by Gasteiger charge is 2.35. The second kappa shape index (κ2) is 7.02. The van der Waals surface area contributed by atoms with Crippen molar-refractivity contribution >= 4 is 5.91 Å². The molecule has 138 valence electrons. The van der Waals surface area contributed by atoms with Crippen molar-refractivity contribution in [3.63, 3.8) is 0 Å². The molecule has 0 bridgehead atoms. The van der Waals surface area contributed by atoms with Crippen LogP contribution < -0.4 is 14.8 Å². The monoisotopic (exact) mass is 353 g/mol. The summed E-state index contributed by atoms with van der Waals surface area (Å²) in [7, 11) is 0. The summed E-state index contributed by atoms with van der Waals surface area (Å²) in [5.74, 6) is 1.46. The fourth-order valence-electron chi connectivity index (χ4n) is 3.30. The molecule has 4 nitrogen and oxygen atoms in total. The van der Waals surface area contributed by atoms with Gasteiger partial charge in [0.25, 0.3) is 5.91 Å². The summed E-state index contributed by atoms with van der Waals surface area (Å²) in [5, 5.41) is 3.14. The van der Waals surface area contributed by atoms with Crippen LogP contribution in [0.2, 0.25) is 0 Å². The number of hydrogen-bond donors (Lipinski definition) is 1. The van der Waals surface area contributed by atoms with Crippen LogP contribution in [0.15, 0.2) is 42.5 Å². The fraction of sp³-hybridized carbons (Fsp3) is 0.409. The smallest absolute Gasteiger partial charge is 0.261 e. The highest BCUT2D eigenvalue weighted by atomic mass is 16.5. The standard InChI is InChI=1S/C22H27NO3/c1-14-10-11-15(2)20(12-14)25-16(3)21(24)23-18-13-22(4,5)26-19-9-7-6-8-17(18)19/h6-12,16,18H,13H2,1-5H3,(H,23,24)/t16-,18+/m1/s1. The Morgan fingerprint density at radius 3 is 2.73 bits per heavy atom. The van der Waals surface area contributed by atoms with Crippen molar-refractivity contribution in [3.8, 4) is 11.5 Å². The summed E-state index contributed by atoms with van der Waals surface area (Å²) in [4.78, 5) is 12.8. The average Bonchev–Trinajstić information content (AvgIpc) is 2.57. The molecular formula is C22H27NO3. The zero-order chi connectivity index (χ0) is 18.9. The van der Waals surface area contributed by atoms with Gasteiger partial charge in [-0.2, -0.15) is 0 Å². The van der Waals surface area contributed by atoms with Crippen LogP contribution >= 0.6 is 0 Å². The number of rotatable bonds is 4. The van der Waals surface area contributed by atoms with Crippen molar-refractivity contribution in [2.24, 2.45) is 0 Å². The zero-order valence-electron chi connectivity index (χ0n) is 16.1. The van der Waals surface area contributed by atoms with Crippen LogP contribution in [0.4, 0.5) is 0 Å². The largest absolute Gasteiger partial charge is 0.487 e. The maximum atomic E-state index is 12.8. The number of benzene rings is 2. The highest BCUT2D eigenvalue weighted by molar-refractivity contribution is 5.81. The first-order valence-electron chi connectivity index (χ1n) is 9.07. The lowest BCUT2D eigenvalue weighted by atomic mass is 9.89. The predicted octanol–water partition coefficient (Wildman–Crippen LogP) is 4.49. The Labute approximate surface area is 155 Å². The van der Waals surface area contributed by atoms with Crippen LogP contribution in [0, 0.1) is 13.8 Å². The van der Waals surface area contributed by atoms with Gasteiger partial charge in [0.1, 0.15) is 17.1 Å². The molecule has 2 atom stereocenters. The number of nitrogens with one attached hydrogen (secondary N) is 1. The van der Waals surface area contributed by atoms with Gasteiger partial charge in [0.2, 0.25) is 0 Å². The third kappa shape index (κ3) is 4.01. The Morgan fingerprint density at radius 2 is 1.96 bits per heavy atom. The topological polar surface area (TPSA) is 47.6 Å². The SMILES string of the molecule is Cc1ccc(C)c(O[C@H](C)C(=O)N[C@H]2CC(C)(C)Oc3ccccc32)c1. The highest BCUT2D eigenvalue weighted by Crippen LogP contribution is 2.39. The molecule has 0 radical (unpaired) electrons. The van der Waals surface area contributed by atoms with Crippen molar-refractivity contribution in [3.05, 3.63) is 59.2 Å². The van der Waals surface area contributed by atoms with Crippen molar-refractivity contribution < 1.29 is 14.3 Å². The van der Waals surface area contributed by atoms with Gasteiger partial charge in [0, 0.05) is 12.0 Å². The molecule has 1 heterocycles. The van der Waals surface area contributed by atoms with Crippen LogP contribution in [0.1, 0.15) is 49.9 Å². The lowest BCUT2D eigenvalue weighted by Gasteiger charge is -2.38. The maximum absolute atomic E-state index is 12.8. The van der Waals surface area contributed by atoms with Gasteiger partial charge in [0.05, 0.1) is 6.04 Å². The fourth-order valence-corrected chi connectivity index (χ4v) is 3.30.